The summed E-state index contributed by atoms with van der Waals surface area (Å²) in [5.74, 6) is 0. The first-order valence-corrected chi connectivity index (χ1v) is 9.01. The number of hydrogen-bond donors (Lipinski definition) is 0. The van der Waals surface area contributed by atoms with Gasteiger partial charge in [0.25, 0.3) is 5.69 Å². The number of nitro benzene ring substituents is 1. The van der Waals surface area contributed by atoms with Gasteiger partial charge in [0.1, 0.15) is 0 Å². The minimum Gasteiger partial charge on any atom is -0.369 e. The Balaban J connectivity index is 1.36. The molecule has 2 aromatic carbocycles. The van der Waals surface area contributed by atoms with E-state index in [1.165, 1.54) is 24.0 Å². The van der Waals surface area contributed by atoms with Gasteiger partial charge in [-0.25, -0.2) is 0 Å². The lowest BCUT2D eigenvalue weighted by Crippen LogP contribution is -2.51. The zero-order valence-corrected chi connectivity index (χ0v) is 14.3. The van der Waals surface area contributed by atoms with Crippen LogP contribution in [0.4, 0.5) is 11.4 Å². The van der Waals surface area contributed by atoms with Crippen molar-refractivity contribution >= 4 is 11.4 Å². The zero-order valence-electron chi connectivity index (χ0n) is 14.3. The van der Waals surface area contributed by atoms with E-state index in [-0.39, 0.29) is 10.6 Å². The maximum atomic E-state index is 10.8. The van der Waals surface area contributed by atoms with E-state index in [0.717, 1.165) is 38.3 Å². The predicted molar refractivity (Wildman–Crippen MR) is 99.1 cm³/mol. The van der Waals surface area contributed by atoms with Crippen molar-refractivity contribution in [1.29, 1.82) is 0 Å². The van der Waals surface area contributed by atoms with E-state index in [1.54, 1.807) is 12.1 Å². The van der Waals surface area contributed by atoms with Crippen LogP contribution in [0.5, 0.6) is 0 Å². The van der Waals surface area contributed by atoms with Crippen LogP contribution in [0.3, 0.4) is 0 Å². The summed E-state index contributed by atoms with van der Waals surface area (Å²) in [5.41, 5.74) is 4.27. The third-order valence-electron chi connectivity index (χ3n) is 5.58. The molecule has 0 bridgehead atoms. The Labute approximate surface area is 148 Å². The van der Waals surface area contributed by atoms with Crippen LogP contribution < -0.4 is 4.90 Å². The molecule has 1 atom stereocenters. The number of benzene rings is 2. The average molecular weight is 337 g/mol. The van der Waals surface area contributed by atoms with Crippen molar-refractivity contribution < 1.29 is 4.92 Å². The lowest BCUT2D eigenvalue weighted by Gasteiger charge is -2.41. The molecular formula is C20H23N3O2. The molecule has 1 aliphatic carbocycles. The first-order chi connectivity index (χ1) is 12.2. The van der Waals surface area contributed by atoms with Crippen LogP contribution >= 0.6 is 0 Å². The minimum absolute atomic E-state index is 0.156. The molecule has 130 valence electrons. The highest BCUT2D eigenvalue weighted by Gasteiger charge is 2.27. The number of aryl methyl sites for hydroxylation is 1. The fourth-order valence-corrected chi connectivity index (χ4v) is 4.12. The van der Waals surface area contributed by atoms with Gasteiger partial charge >= 0.3 is 0 Å². The molecule has 1 saturated heterocycles. The van der Waals surface area contributed by atoms with Gasteiger partial charge in [-0.05, 0) is 42.5 Å². The first-order valence-electron chi connectivity index (χ1n) is 9.01. The first kappa shape index (κ1) is 16.1. The highest BCUT2D eigenvalue weighted by atomic mass is 16.6. The number of anilines is 1. The van der Waals surface area contributed by atoms with E-state index in [4.69, 9.17) is 0 Å². The third kappa shape index (κ3) is 3.37. The molecule has 5 heteroatoms. The number of non-ortho nitro benzene ring substituents is 1. The number of hydrogen-bond acceptors (Lipinski definition) is 4. The Hall–Kier alpha value is -2.40. The Kier molecular flexibility index (Phi) is 4.40. The molecule has 4 rings (SSSR count). The van der Waals surface area contributed by atoms with E-state index < -0.39 is 0 Å². The Morgan fingerprint density at radius 1 is 0.920 bits per heavy atom. The standard InChI is InChI=1S/C20H23N3O2/c24-23(25)19-9-7-18(8-10-19)21-11-13-22(14-12-21)20-6-5-16-3-1-2-4-17(16)15-20/h1-4,7-10,20H,5-6,11-15H2. The quantitative estimate of drug-likeness (QED) is 0.637. The second kappa shape index (κ2) is 6.84. The van der Waals surface area contributed by atoms with Gasteiger partial charge in [0, 0.05) is 50.0 Å². The van der Waals surface area contributed by atoms with Crippen molar-refractivity contribution in [1.82, 2.24) is 4.90 Å². The summed E-state index contributed by atoms with van der Waals surface area (Å²) in [4.78, 5) is 15.4. The lowest BCUT2D eigenvalue weighted by atomic mass is 9.87. The smallest absolute Gasteiger partial charge is 0.269 e. The highest BCUT2D eigenvalue weighted by molar-refractivity contribution is 5.51. The van der Waals surface area contributed by atoms with Crippen LogP contribution in [0.1, 0.15) is 17.5 Å². The second-order valence-electron chi connectivity index (χ2n) is 6.96. The van der Waals surface area contributed by atoms with Gasteiger partial charge in [-0.15, -0.1) is 0 Å². The molecule has 5 nitrogen and oxygen atoms in total. The molecular weight excluding hydrogens is 314 g/mol. The maximum absolute atomic E-state index is 10.8. The molecule has 1 heterocycles. The van der Waals surface area contributed by atoms with Crippen molar-refractivity contribution in [2.24, 2.45) is 0 Å². The molecule has 0 spiro atoms. The van der Waals surface area contributed by atoms with Crippen molar-refractivity contribution in [2.75, 3.05) is 31.1 Å². The Morgan fingerprint density at radius 2 is 1.60 bits per heavy atom. The molecule has 25 heavy (non-hydrogen) atoms. The number of fused-ring (bicyclic) bond motifs is 1. The number of nitrogens with zero attached hydrogens (tertiary/aromatic N) is 3. The van der Waals surface area contributed by atoms with Gasteiger partial charge in [0.05, 0.1) is 4.92 Å². The van der Waals surface area contributed by atoms with E-state index in [2.05, 4.69) is 34.1 Å². The summed E-state index contributed by atoms with van der Waals surface area (Å²) < 4.78 is 0. The Morgan fingerprint density at radius 3 is 2.28 bits per heavy atom. The largest absolute Gasteiger partial charge is 0.369 e. The highest BCUT2D eigenvalue weighted by Crippen LogP contribution is 2.26. The van der Waals surface area contributed by atoms with Gasteiger partial charge in [-0.1, -0.05) is 24.3 Å². The normalized spacial score (nSPS) is 21.0. The van der Waals surface area contributed by atoms with Crippen LogP contribution in [0, 0.1) is 10.1 Å². The predicted octanol–water partition coefficient (Wildman–Crippen LogP) is 3.27. The number of rotatable bonds is 3. The van der Waals surface area contributed by atoms with E-state index >= 15 is 0 Å². The maximum Gasteiger partial charge on any atom is 0.269 e. The molecule has 2 aromatic rings. The summed E-state index contributed by atoms with van der Waals surface area (Å²) in [6, 6.07) is 16.4. The molecule has 0 saturated carbocycles. The van der Waals surface area contributed by atoms with Crippen molar-refractivity contribution in [2.45, 2.75) is 25.3 Å². The van der Waals surface area contributed by atoms with Gasteiger partial charge in [-0.2, -0.15) is 0 Å². The lowest BCUT2D eigenvalue weighted by molar-refractivity contribution is -0.384. The molecule has 0 N–H and O–H groups in total. The zero-order chi connectivity index (χ0) is 17.2. The summed E-state index contributed by atoms with van der Waals surface area (Å²) in [7, 11) is 0. The summed E-state index contributed by atoms with van der Waals surface area (Å²) in [6.07, 6.45) is 3.59. The fraction of sp³-hybridized carbons (Fsp3) is 0.400. The molecule has 0 aromatic heterocycles. The van der Waals surface area contributed by atoms with Crippen molar-refractivity contribution in [3.05, 3.63) is 69.8 Å². The van der Waals surface area contributed by atoms with E-state index in [1.807, 2.05) is 12.1 Å². The average Bonchev–Trinajstić information content (AvgIpc) is 2.68. The van der Waals surface area contributed by atoms with Gasteiger partial charge in [0.2, 0.25) is 0 Å². The SMILES string of the molecule is O=[N+]([O-])c1ccc(N2CCN(C3CCc4ccccc4C3)CC2)cc1. The topological polar surface area (TPSA) is 49.6 Å². The number of piperazine rings is 1. The van der Waals surface area contributed by atoms with Crippen LogP contribution in [0.2, 0.25) is 0 Å². The monoisotopic (exact) mass is 337 g/mol. The minimum atomic E-state index is -0.345. The molecule has 1 unspecified atom stereocenters. The number of nitro groups is 1. The molecule has 0 radical (unpaired) electrons. The molecule has 2 aliphatic rings. The fourth-order valence-electron chi connectivity index (χ4n) is 4.12. The second-order valence-corrected chi connectivity index (χ2v) is 6.96. The summed E-state index contributed by atoms with van der Waals surface area (Å²) in [6.45, 7) is 4.08. The Bertz CT molecular complexity index is 752. The summed E-state index contributed by atoms with van der Waals surface area (Å²) in [5, 5.41) is 10.8. The van der Waals surface area contributed by atoms with E-state index in [0.29, 0.717) is 6.04 Å². The van der Waals surface area contributed by atoms with Crippen LogP contribution in [0.25, 0.3) is 0 Å². The van der Waals surface area contributed by atoms with Gasteiger partial charge in [0.15, 0.2) is 0 Å². The van der Waals surface area contributed by atoms with Gasteiger partial charge in [-0.3, -0.25) is 15.0 Å². The van der Waals surface area contributed by atoms with Crippen LogP contribution in [-0.2, 0) is 12.8 Å². The molecule has 1 aliphatic heterocycles. The molecule has 1 fully saturated rings. The van der Waals surface area contributed by atoms with Crippen molar-refractivity contribution in [3.8, 4) is 0 Å². The van der Waals surface area contributed by atoms with Crippen molar-refractivity contribution in [3.63, 3.8) is 0 Å². The van der Waals surface area contributed by atoms with E-state index in [9.17, 15) is 10.1 Å². The van der Waals surface area contributed by atoms with Gasteiger partial charge < -0.3 is 4.90 Å². The van der Waals surface area contributed by atoms with Crippen LogP contribution in [-0.4, -0.2) is 42.0 Å². The third-order valence-corrected chi connectivity index (χ3v) is 5.58. The van der Waals surface area contributed by atoms with Crippen LogP contribution in [0.15, 0.2) is 48.5 Å². The molecule has 0 amide bonds. The summed E-state index contributed by atoms with van der Waals surface area (Å²) >= 11 is 0.